The van der Waals surface area contributed by atoms with E-state index >= 15 is 0 Å². The molecule has 1 aliphatic heterocycles. The van der Waals surface area contributed by atoms with Crippen molar-refractivity contribution in [1.82, 2.24) is 5.32 Å². The molecule has 2 rings (SSSR count). The SMILES string of the molecule is CC(=O)N1c2ccc(C#C[Si](C)(C)C)cc2[C@H](NC(=O)OC(C)C)C[C@@H]1C. The van der Waals surface area contributed by atoms with E-state index in [1.165, 1.54) is 0 Å². The van der Waals surface area contributed by atoms with Crippen molar-refractivity contribution in [2.75, 3.05) is 4.90 Å². The molecule has 1 aromatic rings. The first kappa shape index (κ1) is 21.0. The van der Waals surface area contributed by atoms with Crippen LogP contribution in [-0.2, 0) is 9.53 Å². The van der Waals surface area contributed by atoms with Crippen molar-refractivity contribution in [3.63, 3.8) is 0 Å². The summed E-state index contributed by atoms with van der Waals surface area (Å²) >= 11 is 0. The number of carbonyl (C=O) groups excluding carboxylic acids is 2. The maximum atomic E-state index is 12.2. The zero-order valence-corrected chi connectivity index (χ0v) is 18.3. The molecule has 0 aromatic heterocycles. The second kappa shape index (κ2) is 8.18. The van der Waals surface area contributed by atoms with E-state index in [0.717, 1.165) is 16.8 Å². The minimum absolute atomic E-state index is 0.00658. The van der Waals surface area contributed by atoms with Crippen molar-refractivity contribution in [2.45, 2.75) is 71.9 Å². The Bertz CT molecular complexity index is 787. The summed E-state index contributed by atoms with van der Waals surface area (Å²) in [4.78, 5) is 26.1. The van der Waals surface area contributed by atoms with Gasteiger partial charge in [-0.1, -0.05) is 25.6 Å². The second-order valence-corrected chi connectivity index (χ2v) is 13.1. The highest BCUT2D eigenvalue weighted by molar-refractivity contribution is 6.83. The average molecular weight is 387 g/mol. The van der Waals surface area contributed by atoms with Crippen molar-refractivity contribution >= 4 is 25.8 Å². The molecular formula is C21H30N2O3Si. The van der Waals surface area contributed by atoms with Gasteiger partial charge in [0.05, 0.1) is 12.1 Å². The van der Waals surface area contributed by atoms with Crippen LogP contribution in [0.15, 0.2) is 18.2 Å². The molecule has 1 aliphatic rings. The molecule has 1 aromatic carbocycles. The maximum absolute atomic E-state index is 12.2. The number of nitrogens with one attached hydrogen (secondary N) is 1. The highest BCUT2D eigenvalue weighted by atomic mass is 28.3. The number of ether oxygens (including phenoxy) is 1. The van der Waals surface area contributed by atoms with Gasteiger partial charge in [0, 0.05) is 24.2 Å². The van der Waals surface area contributed by atoms with Gasteiger partial charge in [0.2, 0.25) is 5.91 Å². The van der Waals surface area contributed by atoms with Crippen LogP contribution in [0.3, 0.4) is 0 Å². The summed E-state index contributed by atoms with van der Waals surface area (Å²) < 4.78 is 5.25. The zero-order valence-electron chi connectivity index (χ0n) is 17.3. The van der Waals surface area contributed by atoms with E-state index in [0.29, 0.717) is 6.42 Å². The molecule has 0 aliphatic carbocycles. The molecule has 0 spiro atoms. The summed E-state index contributed by atoms with van der Waals surface area (Å²) in [5.74, 6) is 3.25. The van der Waals surface area contributed by atoms with E-state index in [1.54, 1.807) is 11.8 Å². The Morgan fingerprint density at radius 3 is 2.52 bits per heavy atom. The number of anilines is 1. The molecule has 0 radical (unpaired) electrons. The van der Waals surface area contributed by atoms with E-state index < -0.39 is 14.2 Å². The molecule has 6 heteroatoms. The molecular weight excluding hydrogens is 356 g/mol. The molecule has 2 atom stereocenters. The molecule has 0 saturated carbocycles. The number of fused-ring (bicyclic) bond motifs is 1. The lowest BCUT2D eigenvalue weighted by Gasteiger charge is -2.39. The van der Waals surface area contributed by atoms with Crippen LogP contribution in [0.4, 0.5) is 10.5 Å². The Morgan fingerprint density at radius 2 is 1.96 bits per heavy atom. The molecule has 146 valence electrons. The molecule has 0 fully saturated rings. The number of hydrogen-bond donors (Lipinski definition) is 1. The molecule has 2 amide bonds. The van der Waals surface area contributed by atoms with Crippen molar-refractivity contribution < 1.29 is 14.3 Å². The van der Waals surface area contributed by atoms with Crippen molar-refractivity contribution in [2.24, 2.45) is 0 Å². The zero-order chi connectivity index (χ0) is 20.4. The fourth-order valence-electron chi connectivity index (χ4n) is 3.21. The molecule has 1 N–H and O–H groups in total. The number of amides is 2. The number of carbonyl (C=O) groups is 2. The fraction of sp³-hybridized carbons (Fsp3) is 0.524. The normalized spacial score (nSPS) is 19.0. The Morgan fingerprint density at radius 1 is 1.30 bits per heavy atom. The first-order valence-electron chi connectivity index (χ1n) is 9.42. The number of hydrogen-bond acceptors (Lipinski definition) is 3. The van der Waals surface area contributed by atoms with Crippen LogP contribution in [0.5, 0.6) is 0 Å². The maximum Gasteiger partial charge on any atom is 0.407 e. The smallest absolute Gasteiger partial charge is 0.407 e. The van der Waals surface area contributed by atoms with Gasteiger partial charge in [-0.25, -0.2) is 4.79 Å². The first-order chi connectivity index (χ1) is 12.5. The minimum atomic E-state index is -1.49. The predicted molar refractivity (Wildman–Crippen MR) is 111 cm³/mol. The van der Waals surface area contributed by atoms with Gasteiger partial charge in [-0.3, -0.25) is 4.79 Å². The van der Waals surface area contributed by atoms with Crippen LogP contribution in [0.2, 0.25) is 19.6 Å². The van der Waals surface area contributed by atoms with Crippen LogP contribution < -0.4 is 10.2 Å². The van der Waals surface area contributed by atoms with Gasteiger partial charge >= 0.3 is 6.09 Å². The second-order valence-electron chi connectivity index (χ2n) is 8.40. The number of nitrogens with zero attached hydrogens (tertiary/aromatic N) is 1. The average Bonchev–Trinajstić information content (AvgIpc) is 2.51. The first-order valence-corrected chi connectivity index (χ1v) is 12.9. The topological polar surface area (TPSA) is 58.6 Å². The van der Waals surface area contributed by atoms with Crippen LogP contribution in [0.25, 0.3) is 0 Å². The fourth-order valence-corrected chi connectivity index (χ4v) is 3.73. The molecule has 5 nitrogen and oxygen atoms in total. The highest BCUT2D eigenvalue weighted by Crippen LogP contribution is 2.37. The van der Waals surface area contributed by atoms with Crippen LogP contribution in [0, 0.1) is 11.5 Å². The monoisotopic (exact) mass is 386 g/mol. The number of rotatable bonds is 2. The molecule has 0 bridgehead atoms. The summed E-state index contributed by atoms with van der Waals surface area (Å²) in [6, 6.07) is 5.64. The largest absolute Gasteiger partial charge is 0.447 e. The van der Waals surface area contributed by atoms with Gasteiger partial charge in [0.25, 0.3) is 0 Å². The van der Waals surface area contributed by atoms with Gasteiger partial charge in [-0.15, -0.1) is 5.54 Å². The van der Waals surface area contributed by atoms with E-state index in [2.05, 4.69) is 36.4 Å². The summed E-state index contributed by atoms with van der Waals surface area (Å²) in [6.07, 6.45) is 0.00108. The lowest BCUT2D eigenvalue weighted by molar-refractivity contribution is -0.117. The van der Waals surface area contributed by atoms with Crippen LogP contribution >= 0.6 is 0 Å². The third-order valence-electron chi connectivity index (χ3n) is 4.24. The minimum Gasteiger partial charge on any atom is -0.447 e. The van der Waals surface area contributed by atoms with Gasteiger partial charge in [-0.05, 0) is 51.0 Å². The van der Waals surface area contributed by atoms with E-state index in [1.807, 2.05) is 39.0 Å². The molecule has 27 heavy (non-hydrogen) atoms. The Kier molecular flexibility index (Phi) is 6.37. The van der Waals surface area contributed by atoms with E-state index in [4.69, 9.17) is 4.74 Å². The number of alkyl carbamates (subject to hydrolysis) is 1. The number of benzene rings is 1. The van der Waals surface area contributed by atoms with Crippen molar-refractivity contribution in [1.29, 1.82) is 0 Å². The van der Waals surface area contributed by atoms with Gasteiger partial charge < -0.3 is 15.0 Å². The predicted octanol–water partition coefficient (Wildman–Crippen LogP) is 4.24. The quantitative estimate of drug-likeness (QED) is 0.611. The van der Waals surface area contributed by atoms with E-state index in [9.17, 15) is 9.59 Å². The highest BCUT2D eigenvalue weighted by Gasteiger charge is 2.33. The summed E-state index contributed by atoms with van der Waals surface area (Å²) in [6.45, 7) is 13.8. The standard InChI is InChI=1S/C21H30N2O3Si/c1-14(2)26-21(25)22-19-12-15(3)23(16(4)24)20-9-8-17(13-18(19)20)10-11-27(5,6)7/h8-9,13-15,19H,12H2,1-7H3,(H,22,25)/t15-,19+/m0/s1. The lowest BCUT2D eigenvalue weighted by Crippen LogP contribution is -2.45. The third-order valence-corrected chi connectivity index (χ3v) is 5.11. The summed E-state index contributed by atoms with van der Waals surface area (Å²) in [7, 11) is -1.49. The van der Waals surface area contributed by atoms with Crippen molar-refractivity contribution in [3.05, 3.63) is 29.3 Å². The summed E-state index contributed by atoms with van der Waals surface area (Å²) in [5, 5.41) is 2.96. The Labute approximate surface area is 163 Å². The van der Waals surface area contributed by atoms with Crippen molar-refractivity contribution in [3.8, 4) is 11.5 Å². The molecule has 1 heterocycles. The van der Waals surface area contributed by atoms with Gasteiger partial charge in [0.15, 0.2) is 0 Å². The third kappa shape index (κ3) is 5.60. The Hall–Kier alpha value is -2.26. The molecule has 0 saturated heterocycles. The summed E-state index contributed by atoms with van der Waals surface area (Å²) in [5.41, 5.74) is 6.00. The lowest BCUT2D eigenvalue weighted by atomic mass is 9.90. The van der Waals surface area contributed by atoms with Gasteiger partial charge in [0.1, 0.15) is 8.07 Å². The Balaban J connectivity index is 2.44. The van der Waals surface area contributed by atoms with Gasteiger partial charge in [-0.2, -0.15) is 0 Å². The van der Waals surface area contributed by atoms with Crippen LogP contribution in [0.1, 0.15) is 51.3 Å². The molecule has 0 unspecified atom stereocenters. The van der Waals surface area contributed by atoms with Crippen LogP contribution in [-0.4, -0.2) is 32.2 Å². The van der Waals surface area contributed by atoms with E-state index in [-0.39, 0.29) is 24.1 Å².